The summed E-state index contributed by atoms with van der Waals surface area (Å²) < 4.78 is 23.9. The minimum atomic E-state index is -0.356. The van der Waals surface area contributed by atoms with Crippen molar-refractivity contribution in [2.24, 2.45) is 0 Å². The van der Waals surface area contributed by atoms with Gasteiger partial charge in [0.15, 0.2) is 0 Å². The lowest BCUT2D eigenvalue weighted by Gasteiger charge is -2.15. The number of anilines is 3. The fourth-order valence-electron chi connectivity index (χ4n) is 1.90. The molecule has 0 unspecified atom stereocenters. The SMILES string of the molecule is CCCOc1cccc(Nc2ccc(F)cc2OC)c1N. The Bertz CT molecular complexity index is 617. The fourth-order valence-corrected chi connectivity index (χ4v) is 1.90. The van der Waals surface area contributed by atoms with Gasteiger partial charge in [0.25, 0.3) is 0 Å². The zero-order valence-electron chi connectivity index (χ0n) is 12.2. The predicted molar refractivity (Wildman–Crippen MR) is 82.9 cm³/mol. The van der Waals surface area contributed by atoms with E-state index < -0.39 is 0 Å². The monoisotopic (exact) mass is 290 g/mol. The molecule has 0 aliphatic rings. The fraction of sp³-hybridized carbons (Fsp3) is 0.250. The van der Waals surface area contributed by atoms with Crippen LogP contribution in [-0.4, -0.2) is 13.7 Å². The number of nitrogens with two attached hydrogens (primary N) is 1. The summed E-state index contributed by atoms with van der Waals surface area (Å²) in [5.74, 6) is 0.683. The number of methoxy groups -OCH3 is 1. The van der Waals surface area contributed by atoms with Gasteiger partial charge in [0.05, 0.1) is 30.8 Å². The van der Waals surface area contributed by atoms with Crippen molar-refractivity contribution in [2.75, 3.05) is 24.8 Å². The van der Waals surface area contributed by atoms with Gasteiger partial charge in [-0.15, -0.1) is 0 Å². The molecule has 0 amide bonds. The molecule has 0 radical (unpaired) electrons. The van der Waals surface area contributed by atoms with Crippen molar-refractivity contribution in [3.05, 3.63) is 42.2 Å². The van der Waals surface area contributed by atoms with E-state index in [4.69, 9.17) is 15.2 Å². The Hall–Kier alpha value is -2.43. The van der Waals surface area contributed by atoms with Crippen LogP contribution in [0.5, 0.6) is 11.5 Å². The van der Waals surface area contributed by atoms with Crippen molar-refractivity contribution in [3.8, 4) is 11.5 Å². The zero-order chi connectivity index (χ0) is 15.2. The lowest BCUT2D eigenvalue weighted by atomic mass is 10.2. The third-order valence-corrected chi connectivity index (χ3v) is 2.96. The average Bonchev–Trinajstić information content (AvgIpc) is 2.49. The van der Waals surface area contributed by atoms with E-state index >= 15 is 0 Å². The normalized spacial score (nSPS) is 10.2. The first-order valence-electron chi connectivity index (χ1n) is 6.77. The second-order valence-electron chi connectivity index (χ2n) is 4.54. The van der Waals surface area contributed by atoms with Crippen LogP contribution in [0, 0.1) is 5.82 Å². The van der Waals surface area contributed by atoms with Gasteiger partial charge in [-0.25, -0.2) is 4.39 Å². The van der Waals surface area contributed by atoms with Crippen LogP contribution >= 0.6 is 0 Å². The summed E-state index contributed by atoms with van der Waals surface area (Å²) in [5, 5.41) is 3.14. The van der Waals surface area contributed by atoms with Gasteiger partial charge in [0, 0.05) is 6.07 Å². The third kappa shape index (κ3) is 3.56. The van der Waals surface area contributed by atoms with Crippen molar-refractivity contribution in [1.82, 2.24) is 0 Å². The number of rotatable bonds is 6. The lowest BCUT2D eigenvalue weighted by Crippen LogP contribution is -2.03. The van der Waals surface area contributed by atoms with Crippen molar-refractivity contribution in [2.45, 2.75) is 13.3 Å². The summed E-state index contributed by atoms with van der Waals surface area (Å²) in [7, 11) is 1.49. The van der Waals surface area contributed by atoms with Crippen molar-refractivity contribution < 1.29 is 13.9 Å². The molecule has 0 spiro atoms. The molecule has 0 saturated heterocycles. The van der Waals surface area contributed by atoms with Gasteiger partial charge < -0.3 is 20.5 Å². The van der Waals surface area contributed by atoms with E-state index in [0.717, 1.165) is 6.42 Å². The molecule has 112 valence electrons. The van der Waals surface area contributed by atoms with E-state index in [1.54, 1.807) is 6.07 Å². The first-order chi connectivity index (χ1) is 10.2. The van der Waals surface area contributed by atoms with Gasteiger partial charge in [-0.05, 0) is 30.7 Å². The second kappa shape index (κ2) is 6.83. The van der Waals surface area contributed by atoms with Gasteiger partial charge in [0.2, 0.25) is 0 Å². The Labute approximate surface area is 123 Å². The summed E-state index contributed by atoms with van der Waals surface area (Å²) in [6, 6.07) is 9.77. The Morgan fingerprint density at radius 2 is 1.95 bits per heavy atom. The number of ether oxygens (including phenoxy) is 2. The van der Waals surface area contributed by atoms with Crippen LogP contribution in [0.4, 0.5) is 21.5 Å². The summed E-state index contributed by atoms with van der Waals surface area (Å²) in [5.41, 5.74) is 7.93. The molecule has 21 heavy (non-hydrogen) atoms. The van der Waals surface area contributed by atoms with Gasteiger partial charge in [-0.1, -0.05) is 13.0 Å². The maximum Gasteiger partial charge on any atom is 0.145 e. The molecule has 3 N–H and O–H groups in total. The quantitative estimate of drug-likeness (QED) is 0.791. The van der Waals surface area contributed by atoms with E-state index in [0.29, 0.717) is 35.2 Å². The first kappa shape index (κ1) is 15.0. The van der Waals surface area contributed by atoms with E-state index in [1.807, 2.05) is 25.1 Å². The first-order valence-corrected chi connectivity index (χ1v) is 6.77. The number of nitrogens with one attached hydrogen (secondary N) is 1. The van der Waals surface area contributed by atoms with E-state index in [9.17, 15) is 4.39 Å². The summed E-state index contributed by atoms with van der Waals surface area (Å²) in [6.07, 6.45) is 0.906. The van der Waals surface area contributed by atoms with Gasteiger partial charge in [-0.3, -0.25) is 0 Å². The molecule has 0 saturated carbocycles. The number of benzene rings is 2. The van der Waals surface area contributed by atoms with Crippen molar-refractivity contribution in [1.29, 1.82) is 0 Å². The number of nitrogen functional groups attached to an aromatic ring is 1. The Kier molecular flexibility index (Phi) is 4.87. The molecule has 0 aliphatic carbocycles. The van der Waals surface area contributed by atoms with Crippen LogP contribution in [0.25, 0.3) is 0 Å². The molecular formula is C16H19FN2O2. The Morgan fingerprint density at radius 1 is 1.14 bits per heavy atom. The van der Waals surface area contributed by atoms with Crippen LogP contribution in [0.3, 0.4) is 0 Å². The highest BCUT2D eigenvalue weighted by molar-refractivity contribution is 5.79. The predicted octanol–water partition coefficient (Wildman–Crippen LogP) is 3.95. The maximum absolute atomic E-state index is 13.2. The van der Waals surface area contributed by atoms with Gasteiger partial charge in [0.1, 0.15) is 17.3 Å². The van der Waals surface area contributed by atoms with E-state index in [1.165, 1.54) is 19.2 Å². The lowest BCUT2D eigenvalue weighted by molar-refractivity contribution is 0.319. The molecule has 2 rings (SSSR count). The minimum Gasteiger partial charge on any atom is -0.494 e. The third-order valence-electron chi connectivity index (χ3n) is 2.96. The highest BCUT2D eigenvalue weighted by Crippen LogP contribution is 2.34. The largest absolute Gasteiger partial charge is 0.494 e. The second-order valence-corrected chi connectivity index (χ2v) is 4.54. The molecule has 2 aromatic carbocycles. The van der Waals surface area contributed by atoms with Gasteiger partial charge >= 0.3 is 0 Å². The number of hydrogen-bond donors (Lipinski definition) is 2. The topological polar surface area (TPSA) is 56.5 Å². The molecule has 2 aromatic rings. The molecule has 4 nitrogen and oxygen atoms in total. The number of para-hydroxylation sites is 1. The smallest absolute Gasteiger partial charge is 0.145 e. The highest BCUT2D eigenvalue weighted by atomic mass is 19.1. The van der Waals surface area contributed by atoms with Crippen LogP contribution < -0.4 is 20.5 Å². The van der Waals surface area contributed by atoms with Crippen LogP contribution in [0.2, 0.25) is 0 Å². The van der Waals surface area contributed by atoms with E-state index in [2.05, 4.69) is 5.32 Å². The molecule has 5 heteroatoms. The van der Waals surface area contributed by atoms with Crippen molar-refractivity contribution in [3.63, 3.8) is 0 Å². The molecule has 0 bridgehead atoms. The van der Waals surface area contributed by atoms with Gasteiger partial charge in [-0.2, -0.15) is 0 Å². The molecule has 0 fully saturated rings. The van der Waals surface area contributed by atoms with Crippen LogP contribution in [0.15, 0.2) is 36.4 Å². The Morgan fingerprint density at radius 3 is 2.67 bits per heavy atom. The van der Waals surface area contributed by atoms with Crippen LogP contribution in [0.1, 0.15) is 13.3 Å². The number of halogens is 1. The Balaban J connectivity index is 2.27. The highest BCUT2D eigenvalue weighted by Gasteiger charge is 2.09. The summed E-state index contributed by atoms with van der Waals surface area (Å²) in [4.78, 5) is 0. The number of hydrogen-bond acceptors (Lipinski definition) is 4. The molecule has 0 aromatic heterocycles. The molecule has 0 atom stereocenters. The summed E-state index contributed by atoms with van der Waals surface area (Å²) in [6.45, 7) is 2.63. The average molecular weight is 290 g/mol. The van der Waals surface area contributed by atoms with E-state index in [-0.39, 0.29) is 5.82 Å². The molecule has 0 aliphatic heterocycles. The standard InChI is InChI=1S/C16H19FN2O2/c1-3-9-21-14-6-4-5-13(16(14)18)19-12-8-7-11(17)10-15(12)20-2/h4-8,10,19H,3,9,18H2,1-2H3. The molecule has 0 heterocycles. The zero-order valence-corrected chi connectivity index (χ0v) is 12.2. The minimum absolute atomic E-state index is 0.356. The summed E-state index contributed by atoms with van der Waals surface area (Å²) >= 11 is 0. The van der Waals surface area contributed by atoms with Crippen LogP contribution in [-0.2, 0) is 0 Å². The molecular weight excluding hydrogens is 271 g/mol. The maximum atomic E-state index is 13.2. The van der Waals surface area contributed by atoms with Crippen molar-refractivity contribution >= 4 is 17.1 Å².